The fourth-order valence-electron chi connectivity index (χ4n) is 4.50. The topological polar surface area (TPSA) is 90.4 Å². The molecule has 0 unspecified atom stereocenters. The summed E-state index contributed by atoms with van der Waals surface area (Å²) in [6.45, 7) is 3.45. The lowest BCUT2D eigenvalue weighted by atomic mass is 10.1. The maximum Gasteiger partial charge on any atom is 0.255 e. The van der Waals surface area contributed by atoms with E-state index in [1.165, 1.54) is 0 Å². The van der Waals surface area contributed by atoms with E-state index in [0.717, 1.165) is 51.2 Å². The lowest BCUT2D eigenvalue weighted by Gasteiger charge is -2.16. The van der Waals surface area contributed by atoms with E-state index in [4.69, 9.17) is 15.1 Å². The number of para-hydroxylation sites is 1. The van der Waals surface area contributed by atoms with Crippen LogP contribution in [-0.4, -0.2) is 46.1 Å². The van der Waals surface area contributed by atoms with Gasteiger partial charge in [0.25, 0.3) is 5.91 Å². The third-order valence-electron chi connectivity index (χ3n) is 6.53. The van der Waals surface area contributed by atoms with E-state index in [9.17, 15) is 4.79 Å². The van der Waals surface area contributed by atoms with Crippen molar-refractivity contribution in [3.05, 3.63) is 114 Å². The van der Waals surface area contributed by atoms with E-state index < -0.39 is 0 Å². The van der Waals surface area contributed by atoms with Crippen molar-refractivity contribution in [2.75, 3.05) is 30.8 Å². The average molecular weight is 518 g/mol. The van der Waals surface area contributed by atoms with E-state index in [1.807, 2.05) is 97.7 Å². The number of anilines is 3. The van der Waals surface area contributed by atoms with E-state index >= 15 is 0 Å². The smallest absolute Gasteiger partial charge is 0.255 e. The summed E-state index contributed by atoms with van der Waals surface area (Å²) in [4.78, 5) is 24.5. The van der Waals surface area contributed by atoms with Crippen LogP contribution in [0.15, 0.2) is 97.1 Å². The molecule has 39 heavy (non-hydrogen) atoms. The van der Waals surface area contributed by atoms with E-state index in [-0.39, 0.29) is 12.5 Å². The van der Waals surface area contributed by atoms with Crippen molar-refractivity contribution in [3.8, 4) is 11.3 Å². The zero-order valence-corrected chi connectivity index (χ0v) is 22.1. The largest absolute Gasteiger partial charge is 0.395 e. The van der Waals surface area contributed by atoms with Gasteiger partial charge >= 0.3 is 0 Å². The first-order chi connectivity index (χ1) is 19.0. The summed E-state index contributed by atoms with van der Waals surface area (Å²) in [6.07, 6.45) is 0. The second kappa shape index (κ2) is 11.9. The van der Waals surface area contributed by atoms with Crippen molar-refractivity contribution >= 4 is 34.1 Å². The minimum absolute atomic E-state index is 0.127. The normalized spacial score (nSPS) is 11.1. The fraction of sp³-hybridized carbons (Fsp3) is 0.156. The molecular weight excluding hydrogens is 486 g/mol. The van der Waals surface area contributed by atoms with Crippen LogP contribution in [0, 0.1) is 6.92 Å². The number of aromatic nitrogens is 2. The number of aliphatic hydroxyl groups excluding tert-OH is 1. The van der Waals surface area contributed by atoms with Gasteiger partial charge in [-0.15, -0.1) is 0 Å². The van der Waals surface area contributed by atoms with Gasteiger partial charge in [-0.2, -0.15) is 0 Å². The number of aliphatic hydroxyl groups is 1. The van der Waals surface area contributed by atoms with Crippen molar-refractivity contribution in [1.82, 2.24) is 14.9 Å². The van der Waals surface area contributed by atoms with Crippen LogP contribution in [0.5, 0.6) is 0 Å². The summed E-state index contributed by atoms with van der Waals surface area (Å²) in [5, 5.41) is 16.4. The first kappa shape index (κ1) is 26.0. The van der Waals surface area contributed by atoms with Crippen LogP contribution in [0.1, 0.15) is 21.5 Å². The Morgan fingerprint density at radius 1 is 0.897 bits per heavy atom. The molecule has 0 spiro atoms. The second-order valence-corrected chi connectivity index (χ2v) is 9.55. The maximum absolute atomic E-state index is 12.9. The predicted molar refractivity (Wildman–Crippen MR) is 157 cm³/mol. The summed E-state index contributed by atoms with van der Waals surface area (Å²) in [5.41, 5.74) is 6.96. The van der Waals surface area contributed by atoms with E-state index in [1.54, 1.807) is 12.1 Å². The lowest BCUT2D eigenvalue weighted by Crippen LogP contribution is -2.21. The van der Waals surface area contributed by atoms with Gasteiger partial charge in [0.15, 0.2) is 0 Å². The molecule has 196 valence electrons. The van der Waals surface area contributed by atoms with Gasteiger partial charge in [0.05, 0.1) is 17.8 Å². The maximum atomic E-state index is 12.9. The highest BCUT2D eigenvalue weighted by molar-refractivity contribution is 6.04. The molecule has 0 aliphatic rings. The molecule has 1 heterocycles. The molecule has 5 aromatic rings. The Labute approximate surface area is 228 Å². The minimum atomic E-state index is -0.178. The fourth-order valence-corrected chi connectivity index (χ4v) is 4.50. The molecule has 0 atom stereocenters. The SMILES string of the molecule is Cc1cc(CN(C)CCO)ccc1NC(=O)c1ccc(Nc2nc(-c3ccccc3)c3ccccc3n2)cc1. The lowest BCUT2D eigenvalue weighted by molar-refractivity contribution is 0.102. The number of rotatable bonds is 9. The van der Waals surface area contributed by atoms with E-state index in [2.05, 4.69) is 16.7 Å². The Morgan fingerprint density at radius 2 is 1.64 bits per heavy atom. The summed E-state index contributed by atoms with van der Waals surface area (Å²) in [6, 6.07) is 31.3. The molecule has 0 saturated carbocycles. The Balaban J connectivity index is 1.30. The van der Waals surface area contributed by atoms with Crippen LogP contribution in [0.2, 0.25) is 0 Å². The summed E-state index contributed by atoms with van der Waals surface area (Å²) >= 11 is 0. The van der Waals surface area contributed by atoms with Crippen molar-refractivity contribution < 1.29 is 9.90 Å². The number of amides is 1. The zero-order chi connectivity index (χ0) is 27.2. The average Bonchev–Trinajstić information content (AvgIpc) is 2.95. The number of nitrogens with one attached hydrogen (secondary N) is 2. The molecule has 3 N–H and O–H groups in total. The molecule has 4 aromatic carbocycles. The summed E-state index contributed by atoms with van der Waals surface area (Å²) in [7, 11) is 1.97. The van der Waals surface area contributed by atoms with Crippen LogP contribution in [0.3, 0.4) is 0 Å². The first-order valence-electron chi connectivity index (χ1n) is 12.9. The molecular formula is C32H31N5O2. The van der Waals surface area contributed by atoms with Gasteiger partial charge in [-0.1, -0.05) is 60.7 Å². The molecule has 0 bridgehead atoms. The molecule has 0 fully saturated rings. The van der Waals surface area contributed by atoms with Gasteiger partial charge in [0.1, 0.15) is 0 Å². The highest BCUT2D eigenvalue weighted by Crippen LogP contribution is 2.28. The first-order valence-corrected chi connectivity index (χ1v) is 12.9. The molecule has 1 amide bonds. The number of nitrogens with zero attached hydrogens (tertiary/aromatic N) is 3. The van der Waals surface area contributed by atoms with Crippen LogP contribution < -0.4 is 10.6 Å². The third-order valence-corrected chi connectivity index (χ3v) is 6.53. The molecule has 7 heteroatoms. The number of hydrogen-bond acceptors (Lipinski definition) is 6. The van der Waals surface area contributed by atoms with Gasteiger partial charge in [-0.3, -0.25) is 9.69 Å². The molecule has 7 nitrogen and oxygen atoms in total. The van der Waals surface area contributed by atoms with Crippen LogP contribution in [0.4, 0.5) is 17.3 Å². The molecule has 0 aliphatic carbocycles. The Bertz CT molecular complexity index is 1590. The number of carbonyl (C=O) groups excluding carboxylic acids is 1. The number of aryl methyl sites for hydroxylation is 1. The highest BCUT2D eigenvalue weighted by Gasteiger charge is 2.12. The van der Waals surface area contributed by atoms with Gasteiger partial charge < -0.3 is 15.7 Å². The predicted octanol–water partition coefficient (Wildman–Crippen LogP) is 6.03. The Morgan fingerprint density at radius 3 is 2.38 bits per heavy atom. The molecule has 5 rings (SSSR count). The molecule has 1 aromatic heterocycles. The molecule has 0 saturated heterocycles. The number of hydrogen-bond donors (Lipinski definition) is 3. The van der Waals surface area contributed by atoms with Crippen molar-refractivity contribution in [2.45, 2.75) is 13.5 Å². The van der Waals surface area contributed by atoms with Crippen LogP contribution in [0.25, 0.3) is 22.2 Å². The molecule has 0 aliphatic heterocycles. The standard InChI is InChI=1S/C32H31N5O2/c1-22-20-23(21-37(2)18-19-38)12-17-28(22)34-31(39)25-13-15-26(16-14-25)33-32-35-29-11-7-6-10-27(29)30(36-32)24-8-4-3-5-9-24/h3-17,20,38H,18-19,21H2,1-2H3,(H,34,39)(H,33,35,36). The van der Waals surface area contributed by atoms with Gasteiger partial charge in [-0.05, 0) is 61.5 Å². The van der Waals surface area contributed by atoms with Crippen molar-refractivity contribution in [3.63, 3.8) is 0 Å². The minimum Gasteiger partial charge on any atom is -0.395 e. The number of likely N-dealkylation sites (N-methyl/N-ethyl adjacent to an activating group) is 1. The monoisotopic (exact) mass is 517 g/mol. The summed E-state index contributed by atoms with van der Waals surface area (Å²) < 4.78 is 0. The third kappa shape index (κ3) is 6.29. The van der Waals surface area contributed by atoms with Crippen LogP contribution in [-0.2, 0) is 6.54 Å². The van der Waals surface area contributed by atoms with Gasteiger partial charge in [-0.25, -0.2) is 9.97 Å². The molecule has 0 radical (unpaired) electrons. The second-order valence-electron chi connectivity index (χ2n) is 9.55. The van der Waals surface area contributed by atoms with Gasteiger partial charge in [0, 0.05) is 41.0 Å². The number of carbonyl (C=O) groups is 1. The van der Waals surface area contributed by atoms with Crippen molar-refractivity contribution in [1.29, 1.82) is 0 Å². The number of benzene rings is 4. The van der Waals surface area contributed by atoms with Crippen LogP contribution >= 0.6 is 0 Å². The Kier molecular flexibility index (Phi) is 7.91. The quantitative estimate of drug-likeness (QED) is 0.221. The van der Waals surface area contributed by atoms with Crippen molar-refractivity contribution in [2.24, 2.45) is 0 Å². The Hall–Kier alpha value is -4.59. The summed E-state index contributed by atoms with van der Waals surface area (Å²) in [5.74, 6) is 0.313. The zero-order valence-electron chi connectivity index (χ0n) is 22.1. The van der Waals surface area contributed by atoms with Gasteiger partial charge in [0.2, 0.25) is 5.95 Å². The number of fused-ring (bicyclic) bond motifs is 1. The van der Waals surface area contributed by atoms with E-state index in [0.29, 0.717) is 18.1 Å². The highest BCUT2D eigenvalue weighted by atomic mass is 16.3.